The number of rotatable bonds is 4. The third-order valence-electron chi connectivity index (χ3n) is 1.12. The molecule has 0 aliphatic carbocycles. The van der Waals surface area contributed by atoms with E-state index >= 15 is 0 Å². The van der Waals surface area contributed by atoms with E-state index in [1.54, 1.807) is 6.92 Å². The Morgan fingerprint density at radius 3 is 1.12 bits per heavy atom. The van der Waals surface area contributed by atoms with Crippen molar-refractivity contribution in [3.8, 4) is 0 Å². The number of unbranched alkanes of at least 4 members (excludes halogenated alkanes) is 2. The molecular formula is C12H30Mg2O2+4. The fourth-order valence-electron chi connectivity index (χ4n) is 0.408. The van der Waals surface area contributed by atoms with Gasteiger partial charge in [0.1, 0.15) is 0 Å². The van der Waals surface area contributed by atoms with Crippen molar-refractivity contribution in [1.29, 1.82) is 0 Å². The van der Waals surface area contributed by atoms with E-state index in [9.17, 15) is 0 Å². The van der Waals surface area contributed by atoms with Gasteiger partial charge in [-0.2, -0.15) is 0 Å². The third kappa shape index (κ3) is 109. The van der Waals surface area contributed by atoms with Gasteiger partial charge in [-0.1, -0.05) is 20.3 Å². The molecule has 14 radical (unpaired) electrons. The van der Waals surface area contributed by atoms with Crippen LogP contribution in [-0.2, 0) is 0 Å². The van der Waals surface area contributed by atoms with E-state index in [0.717, 1.165) is 12.8 Å². The highest BCUT2D eigenvalue weighted by Crippen LogP contribution is 1.86. The second-order valence-corrected chi connectivity index (χ2v) is 4.81. The van der Waals surface area contributed by atoms with Crippen LogP contribution in [0, 0.1) is 0 Å². The van der Waals surface area contributed by atoms with Crippen molar-refractivity contribution in [2.24, 2.45) is 0 Å². The van der Waals surface area contributed by atoms with E-state index in [0.29, 0.717) is 6.61 Å². The van der Waals surface area contributed by atoms with Gasteiger partial charge in [-0.05, 0) is 19.8 Å². The molecule has 0 bridgehead atoms. The first-order valence-electron chi connectivity index (χ1n) is 6.46. The van der Waals surface area contributed by atoms with Gasteiger partial charge >= 0.3 is 43.4 Å². The molecule has 0 heterocycles. The Balaban J connectivity index is -0.0000000621. The Labute approximate surface area is 128 Å². The van der Waals surface area contributed by atoms with E-state index in [1.807, 2.05) is 43.4 Å². The van der Waals surface area contributed by atoms with Gasteiger partial charge in [0.15, 0.2) is 0 Å². The van der Waals surface area contributed by atoms with Gasteiger partial charge in [0.25, 0.3) is 9.10 Å². The highest BCUT2D eigenvalue weighted by atomic mass is 24.4. The van der Waals surface area contributed by atoms with Crippen molar-refractivity contribution in [3.63, 3.8) is 0 Å². The molecule has 0 amide bonds. The molecule has 0 unspecified atom stereocenters. The second-order valence-electron chi connectivity index (χ2n) is 3.10. The van der Waals surface area contributed by atoms with Crippen molar-refractivity contribution in [2.75, 3.05) is 13.2 Å². The standard InChI is InChI=1S/C4H10O.C4H9.C2H6O.C2H5.2Mg/c1-2-3-4-5;1-3-4-2;1-2-3;1-2;;/h5H,2-4H2,1H3;1,3-4H2,2H3;3H,2H2,1H3;1H2,2H3;;/q;;;;2*+2. The lowest BCUT2D eigenvalue weighted by atomic mass is 10.4. The van der Waals surface area contributed by atoms with Gasteiger partial charge < -0.3 is 10.2 Å². The largest absolute Gasteiger partial charge is 1.41 e. The Hall–Kier alpha value is 1.45. The topological polar surface area (TPSA) is 40.5 Å². The highest BCUT2D eigenvalue weighted by Gasteiger charge is 2.19. The Kier molecular flexibility index (Phi) is 71.7. The number of aliphatic hydroxyl groups is 2. The first-order chi connectivity index (χ1) is 7.66. The van der Waals surface area contributed by atoms with E-state index in [-0.39, 0.29) is 6.61 Å². The average molecular weight is 255 g/mol. The van der Waals surface area contributed by atoms with Crippen LogP contribution in [0.3, 0.4) is 0 Å². The summed E-state index contributed by atoms with van der Waals surface area (Å²) in [5.74, 6) is 0. The molecule has 2 nitrogen and oxygen atoms in total. The van der Waals surface area contributed by atoms with E-state index < -0.39 is 0 Å². The lowest BCUT2D eigenvalue weighted by Crippen LogP contribution is -1.75. The van der Waals surface area contributed by atoms with Crippen molar-refractivity contribution < 1.29 is 10.2 Å². The van der Waals surface area contributed by atoms with Crippen LogP contribution in [0.5, 0.6) is 0 Å². The lowest BCUT2D eigenvalue weighted by molar-refractivity contribution is 0.287. The zero-order chi connectivity index (χ0) is 13.7. The zero-order valence-corrected chi connectivity index (χ0v) is 14.8. The Morgan fingerprint density at radius 2 is 1.12 bits per heavy atom. The van der Waals surface area contributed by atoms with E-state index in [4.69, 9.17) is 10.2 Å². The molecule has 0 aromatic carbocycles. The molecule has 0 aromatic heterocycles. The number of aliphatic hydroxyl groups excluding tert-OH is 2. The van der Waals surface area contributed by atoms with Crippen LogP contribution in [0.15, 0.2) is 0 Å². The summed E-state index contributed by atoms with van der Waals surface area (Å²) in [5, 5.41) is 15.6. The quantitative estimate of drug-likeness (QED) is 0.758. The minimum absolute atomic E-state index is 0.250. The van der Waals surface area contributed by atoms with Crippen LogP contribution in [-0.4, -0.2) is 66.8 Å². The van der Waals surface area contributed by atoms with Gasteiger partial charge in [0, 0.05) is 26.6 Å². The molecule has 0 aliphatic heterocycles. The highest BCUT2D eigenvalue weighted by molar-refractivity contribution is 6.08. The molecule has 90 valence electrons. The summed E-state index contributed by atoms with van der Waals surface area (Å²) in [6, 6.07) is 0. The van der Waals surface area contributed by atoms with Crippen LogP contribution in [0.4, 0.5) is 0 Å². The van der Waals surface area contributed by atoms with Crippen LogP contribution in [0.2, 0.25) is 9.10 Å². The summed E-state index contributed by atoms with van der Waals surface area (Å²) in [7, 11) is 0. The fraction of sp³-hybridized carbons (Fsp3) is 1.00. The van der Waals surface area contributed by atoms with Crippen LogP contribution >= 0.6 is 0 Å². The third-order valence-corrected chi connectivity index (χ3v) is 1.62. The summed E-state index contributed by atoms with van der Waals surface area (Å²) >= 11 is 4.02. The SMILES string of the molecule is CCCCO.CCC[CH2][Mg+2].CCO.C[CH2][Mg+2]. The molecule has 4 heteroatoms. The molecule has 0 saturated carbocycles. The minimum atomic E-state index is 0.250. The molecular weight excluding hydrogens is 225 g/mol. The predicted molar refractivity (Wildman–Crippen MR) is 76.5 cm³/mol. The number of hydrogen-bond donors (Lipinski definition) is 2. The summed E-state index contributed by atoms with van der Waals surface area (Å²) in [5.41, 5.74) is 0. The molecule has 0 atom stereocenters. The zero-order valence-electron chi connectivity index (χ0n) is 12.0. The molecule has 0 fully saturated rings. The van der Waals surface area contributed by atoms with Gasteiger partial charge in [0.05, 0.1) is 0 Å². The van der Waals surface area contributed by atoms with Crippen LogP contribution in [0.1, 0.15) is 53.4 Å². The molecule has 0 spiro atoms. The molecule has 0 saturated heterocycles. The predicted octanol–water partition coefficient (Wildman–Crippen LogP) is 2.74. The van der Waals surface area contributed by atoms with Crippen LogP contribution in [0.25, 0.3) is 0 Å². The number of hydrogen-bond acceptors (Lipinski definition) is 2. The summed E-state index contributed by atoms with van der Waals surface area (Å²) in [6.07, 6.45) is 4.79. The smallest absolute Gasteiger partial charge is 0.397 e. The normalized spacial score (nSPS) is 7.50. The van der Waals surface area contributed by atoms with Gasteiger partial charge in [-0.15, -0.1) is 0 Å². The van der Waals surface area contributed by atoms with Crippen molar-refractivity contribution in [2.45, 2.75) is 62.5 Å². The van der Waals surface area contributed by atoms with Crippen molar-refractivity contribution in [3.05, 3.63) is 0 Å². The molecule has 0 rings (SSSR count). The summed E-state index contributed by atoms with van der Waals surface area (Å²) < 4.78 is 2.65. The van der Waals surface area contributed by atoms with Crippen molar-refractivity contribution >= 4 is 43.4 Å². The average Bonchev–Trinajstić information content (AvgIpc) is 2.23. The Bertz CT molecular complexity index is 53.0. The van der Waals surface area contributed by atoms with Gasteiger partial charge in [0.2, 0.25) is 0 Å². The van der Waals surface area contributed by atoms with Gasteiger partial charge in [-0.3, -0.25) is 0 Å². The second kappa shape index (κ2) is 44.0. The first-order valence-corrected chi connectivity index (χ1v) is 8.46. The molecule has 2 N–H and O–H groups in total. The maximum absolute atomic E-state index is 8.07. The monoisotopic (exact) mass is 254 g/mol. The van der Waals surface area contributed by atoms with Gasteiger partial charge in [-0.25, -0.2) is 0 Å². The maximum Gasteiger partial charge on any atom is 1.41 e. The maximum atomic E-state index is 8.07. The van der Waals surface area contributed by atoms with E-state index in [2.05, 4.69) is 20.8 Å². The Morgan fingerprint density at radius 1 is 0.812 bits per heavy atom. The fourth-order valence-corrected chi connectivity index (χ4v) is 0.908. The van der Waals surface area contributed by atoms with Crippen molar-refractivity contribution in [1.82, 2.24) is 0 Å². The van der Waals surface area contributed by atoms with E-state index in [1.165, 1.54) is 21.9 Å². The molecule has 16 heavy (non-hydrogen) atoms. The van der Waals surface area contributed by atoms with Crippen LogP contribution < -0.4 is 0 Å². The first kappa shape index (κ1) is 26.1. The lowest BCUT2D eigenvalue weighted by Gasteiger charge is -1.79. The minimum Gasteiger partial charge on any atom is -0.397 e. The molecule has 0 aliphatic rings. The molecule has 0 aromatic rings. The summed E-state index contributed by atoms with van der Waals surface area (Å²) in [4.78, 5) is 0. The summed E-state index contributed by atoms with van der Waals surface area (Å²) in [6.45, 7) is 8.68.